The minimum atomic E-state index is 0. The van der Waals surface area contributed by atoms with E-state index in [1.54, 1.807) is 0 Å². The normalized spacial score (nSPS) is 1.00. The summed E-state index contributed by atoms with van der Waals surface area (Å²) in [4.78, 5) is 0. The first-order chi connectivity index (χ1) is 1.00. The van der Waals surface area contributed by atoms with E-state index in [0.29, 0.717) is 10.1 Å². The molecule has 0 aromatic heterocycles. The third-order valence-electron chi connectivity index (χ3n) is 0. The van der Waals surface area contributed by atoms with Crippen molar-refractivity contribution in [3.8, 4) is 0 Å². The Morgan fingerprint density at radius 1 is 1.25 bits per heavy atom. The standard InChI is InChI=1S/Al.Ni.H2OSi.3H/c;;1-2;;;/h;;2H2;;;. The summed E-state index contributed by atoms with van der Waals surface area (Å²) in [7, 11) is 0.611. The van der Waals surface area contributed by atoms with Crippen molar-refractivity contribution in [1.82, 2.24) is 0 Å². The van der Waals surface area contributed by atoms with E-state index in [2.05, 4.69) is 0 Å². The van der Waals surface area contributed by atoms with Crippen LogP contribution in [0.1, 0.15) is 0 Å². The van der Waals surface area contributed by atoms with Crippen molar-refractivity contribution in [1.29, 1.82) is 0 Å². The number of rotatable bonds is 0. The van der Waals surface area contributed by atoms with Gasteiger partial charge < -0.3 is 4.46 Å². The monoisotopic (exact) mass is 134 g/mol. The van der Waals surface area contributed by atoms with Crippen LogP contribution in [0.2, 0.25) is 0 Å². The maximum absolute atomic E-state index is 8.28. The third-order valence-corrected chi connectivity index (χ3v) is 0. The van der Waals surface area contributed by atoms with Crippen molar-refractivity contribution in [3.05, 3.63) is 0 Å². The van der Waals surface area contributed by atoms with Crippen LogP contribution in [0.4, 0.5) is 0 Å². The van der Waals surface area contributed by atoms with E-state index in [1.165, 1.54) is 0 Å². The summed E-state index contributed by atoms with van der Waals surface area (Å²) >= 11 is 0. The molecule has 1 nitrogen and oxygen atoms in total. The van der Waals surface area contributed by atoms with Gasteiger partial charge in [0.1, 0.15) is 0 Å². The van der Waals surface area contributed by atoms with Crippen LogP contribution >= 0.6 is 0 Å². The van der Waals surface area contributed by atoms with E-state index in [4.69, 9.17) is 4.46 Å². The molecule has 0 radical (unpaired) electrons. The molecule has 0 bridgehead atoms. The second-order valence-electron chi connectivity index (χ2n) is 0. The van der Waals surface area contributed by atoms with Crippen LogP contribution in [0, 0.1) is 0 Å². The van der Waals surface area contributed by atoms with Gasteiger partial charge in [-0.1, -0.05) is 0 Å². The zero-order valence-corrected chi connectivity index (χ0v) is 3.83. The molecular formula is H5AlNiOSi. The summed E-state index contributed by atoms with van der Waals surface area (Å²) in [5.41, 5.74) is 0. The molecule has 0 rings (SSSR count). The Morgan fingerprint density at radius 2 is 1.25 bits per heavy atom. The Morgan fingerprint density at radius 3 is 1.25 bits per heavy atom. The molecule has 0 saturated heterocycles. The van der Waals surface area contributed by atoms with Crippen molar-refractivity contribution in [2.45, 2.75) is 0 Å². The van der Waals surface area contributed by atoms with Gasteiger partial charge in [0.05, 0.1) is 0 Å². The van der Waals surface area contributed by atoms with Crippen LogP contribution in [-0.4, -0.2) is 27.5 Å². The molecule has 0 spiro atoms. The zero-order chi connectivity index (χ0) is 2.00. The fourth-order valence-corrected chi connectivity index (χ4v) is 0. The van der Waals surface area contributed by atoms with Gasteiger partial charge in [-0.15, -0.1) is 0 Å². The summed E-state index contributed by atoms with van der Waals surface area (Å²) in [5, 5.41) is 0. The molecule has 28 valence electrons. The van der Waals surface area contributed by atoms with Crippen LogP contribution in [-0.2, 0) is 21.0 Å². The Kier molecular flexibility index (Phi) is 170. The van der Waals surface area contributed by atoms with E-state index in [0.717, 1.165) is 0 Å². The maximum atomic E-state index is 8.28. The van der Waals surface area contributed by atoms with Gasteiger partial charge >= 0.3 is 0 Å². The van der Waals surface area contributed by atoms with E-state index in [-0.39, 0.29) is 33.9 Å². The molecule has 0 aromatic rings. The van der Waals surface area contributed by atoms with Gasteiger partial charge in [-0.25, -0.2) is 0 Å². The van der Waals surface area contributed by atoms with E-state index >= 15 is 0 Å². The van der Waals surface area contributed by atoms with Crippen LogP contribution in [0.15, 0.2) is 0 Å². The fourth-order valence-electron chi connectivity index (χ4n) is 0. The topological polar surface area (TPSA) is 17.1 Å². The molecule has 0 unspecified atom stereocenters. The largest absolute Gasteiger partial charge is 0.396 e. The maximum Gasteiger partial charge on any atom is 0.245 e. The molecule has 0 aliphatic carbocycles. The van der Waals surface area contributed by atoms with Crippen molar-refractivity contribution < 1.29 is 21.0 Å². The van der Waals surface area contributed by atoms with Crippen molar-refractivity contribution in [3.63, 3.8) is 0 Å². The van der Waals surface area contributed by atoms with Gasteiger partial charge in [0.2, 0.25) is 10.1 Å². The number of hydrogen-bond acceptors (Lipinski definition) is 1. The predicted molar refractivity (Wildman–Crippen MR) is 19.2 cm³/mol. The smallest absolute Gasteiger partial charge is 0.245 e. The Hall–Kier alpha value is 1.04. The second-order valence-corrected chi connectivity index (χ2v) is 0. The van der Waals surface area contributed by atoms with Crippen molar-refractivity contribution >= 4 is 27.5 Å². The first-order valence-electron chi connectivity index (χ1n) is 0.289. The molecule has 0 amide bonds. The third kappa shape index (κ3) is 11.7. The van der Waals surface area contributed by atoms with Crippen molar-refractivity contribution in [2.75, 3.05) is 0 Å². The molecular weight excluding hydrogens is 130 g/mol. The summed E-state index contributed by atoms with van der Waals surface area (Å²) < 4.78 is 8.28. The molecule has 0 fully saturated rings. The minimum absolute atomic E-state index is 0. The molecule has 0 atom stereocenters. The zero-order valence-electron chi connectivity index (χ0n) is 1.43. The minimum Gasteiger partial charge on any atom is -0.396 e. The molecule has 0 saturated carbocycles. The van der Waals surface area contributed by atoms with Gasteiger partial charge in [0.15, 0.2) is 17.4 Å². The molecule has 0 aromatic carbocycles. The molecule has 4 heavy (non-hydrogen) atoms. The second kappa shape index (κ2) is 34.4. The molecule has 4 heteroatoms. The predicted octanol–water partition coefficient (Wildman–Crippen LogP) is -2.22. The summed E-state index contributed by atoms with van der Waals surface area (Å²) in [5.74, 6) is 0. The van der Waals surface area contributed by atoms with Crippen LogP contribution in [0.25, 0.3) is 0 Å². The SMILES string of the molecule is O=[SiH2].[AlH3].[Ni]. The summed E-state index contributed by atoms with van der Waals surface area (Å²) in [6.07, 6.45) is 0. The average molecular weight is 135 g/mol. The Labute approximate surface area is 48.7 Å². The van der Waals surface area contributed by atoms with E-state index in [1.807, 2.05) is 0 Å². The molecule has 0 heterocycles. The van der Waals surface area contributed by atoms with Crippen LogP contribution < -0.4 is 0 Å². The molecule has 0 aliphatic rings. The van der Waals surface area contributed by atoms with E-state index < -0.39 is 0 Å². The summed E-state index contributed by atoms with van der Waals surface area (Å²) in [6, 6.07) is 0. The molecule has 0 aliphatic heterocycles. The van der Waals surface area contributed by atoms with Gasteiger partial charge in [-0.3, -0.25) is 0 Å². The Bertz CT molecular complexity index is 8.00. The fraction of sp³-hybridized carbons (Fsp3) is 0. The average Bonchev–Trinajstić information content (AvgIpc) is 1.00. The number of hydrogen-bond donors (Lipinski definition) is 0. The van der Waals surface area contributed by atoms with Gasteiger partial charge in [0.25, 0.3) is 0 Å². The van der Waals surface area contributed by atoms with Gasteiger partial charge in [0, 0.05) is 16.5 Å². The van der Waals surface area contributed by atoms with Crippen molar-refractivity contribution in [2.24, 2.45) is 0 Å². The molecule has 0 N–H and O–H groups in total. The first-order valence-corrected chi connectivity index (χ1v) is 0.866. The van der Waals surface area contributed by atoms with Crippen LogP contribution in [0.5, 0.6) is 0 Å². The van der Waals surface area contributed by atoms with Gasteiger partial charge in [-0.05, 0) is 0 Å². The Balaban J connectivity index is -0.00000000500. The van der Waals surface area contributed by atoms with Crippen LogP contribution in [0.3, 0.4) is 0 Å². The van der Waals surface area contributed by atoms with E-state index in [9.17, 15) is 0 Å². The van der Waals surface area contributed by atoms with Gasteiger partial charge in [-0.2, -0.15) is 0 Å². The first kappa shape index (κ1) is 19.8. The quantitative estimate of drug-likeness (QED) is 0.343. The summed E-state index contributed by atoms with van der Waals surface area (Å²) in [6.45, 7) is 0.